The summed E-state index contributed by atoms with van der Waals surface area (Å²) in [5, 5.41) is 20.1. The van der Waals surface area contributed by atoms with E-state index in [0.29, 0.717) is 12.8 Å². The Balaban J connectivity index is 1.95. The highest BCUT2D eigenvalue weighted by Crippen LogP contribution is 2.55. The van der Waals surface area contributed by atoms with Gasteiger partial charge >= 0.3 is 5.97 Å². The number of hydrogen-bond acceptors (Lipinski definition) is 3. The van der Waals surface area contributed by atoms with Gasteiger partial charge in [0, 0.05) is 11.5 Å². The van der Waals surface area contributed by atoms with E-state index in [2.05, 4.69) is 26.8 Å². The topological polar surface area (TPSA) is 66.8 Å². The van der Waals surface area contributed by atoms with Crippen LogP contribution in [-0.4, -0.2) is 21.8 Å². The maximum absolute atomic E-state index is 11.5. The van der Waals surface area contributed by atoms with Crippen molar-refractivity contribution >= 4 is 5.97 Å². The fourth-order valence-corrected chi connectivity index (χ4v) is 4.75. The lowest BCUT2D eigenvalue weighted by atomic mass is 9.64. The molecule has 0 spiro atoms. The van der Waals surface area contributed by atoms with Crippen LogP contribution in [0.3, 0.4) is 0 Å². The lowest BCUT2D eigenvalue weighted by molar-refractivity contribution is -0.144. The van der Waals surface area contributed by atoms with E-state index in [1.807, 2.05) is 6.07 Å². The van der Waals surface area contributed by atoms with E-state index in [-0.39, 0.29) is 29.1 Å². The Morgan fingerprint density at radius 3 is 2.72 bits per heavy atom. The van der Waals surface area contributed by atoms with Gasteiger partial charge in [0.25, 0.3) is 0 Å². The van der Waals surface area contributed by atoms with Crippen molar-refractivity contribution in [2.75, 3.05) is 0 Å². The molecule has 4 heteroatoms. The summed E-state index contributed by atoms with van der Waals surface area (Å²) in [6.07, 6.45) is 6.48. The van der Waals surface area contributed by atoms with Gasteiger partial charge in [0.2, 0.25) is 0 Å². The molecule has 1 aromatic rings. The van der Waals surface area contributed by atoms with Gasteiger partial charge in [-0.05, 0) is 69.6 Å². The van der Waals surface area contributed by atoms with E-state index in [1.54, 1.807) is 0 Å². The van der Waals surface area contributed by atoms with Crippen molar-refractivity contribution in [2.45, 2.75) is 77.2 Å². The molecule has 0 radical (unpaired) electrons. The molecule has 0 amide bonds. The highest BCUT2D eigenvalue weighted by atomic mass is 16.5. The molecule has 1 aliphatic carbocycles. The predicted octanol–water partition coefficient (Wildman–Crippen LogP) is 4.88. The summed E-state index contributed by atoms with van der Waals surface area (Å²) in [6, 6.07) is 3.92. The number of aryl methyl sites for hydroxylation is 1. The minimum absolute atomic E-state index is 0.0540. The van der Waals surface area contributed by atoms with Crippen LogP contribution < -0.4 is 4.74 Å². The average molecular weight is 346 g/mol. The molecule has 1 fully saturated rings. The molecule has 1 heterocycles. The monoisotopic (exact) mass is 346 g/mol. The quantitative estimate of drug-likeness (QED) is 0.746. The Morgan fingerprint density at radius 1 is 1.28 bits per heavy atom. The molecular weight excluding hydrogens is 316 g/mol. The molecule has 1 aliphatic heterocycles. The number of aromatic hydroxyl groups is 1. The highest BCUT2D eigenvalue weighted by Gasteiger charge is 2.48. The second-order valence-corrected chi connectivity index (χ2v) is 8.25. The van der Waals surface area contributed by atoms with Crippen molar-refractivity contribution in [1.29, 1.82) is 0 Å². The van der Waals surface area contributed by atoms with Gasteiger partial charge in [-0.2, -0.15) is 0 Å². The molecule has 3 rings (SSSR count). The molecule has 3 atom stereocenters. The van der Waals surface area contributed by atoms with Crippen LogP contribution in [0, 0.1) is 11.8 Å². The number of rotatable bonds is 5. The van der Waals surface area contributed by atoms with E-state index >= 15 is 0 Å². The summed E-state index contributed by atoms with van der Waals surface area (Å²) in [5.74, 6) is 0.279. The normalized spacial score (nSPS) is 27.1. The van der Waals surface area contributed by atoms with Crippen LogP contribution in [0.1, 0.15) is 76.3 Å². The lowest BCUT2D eigenvalue weighted by Gasteiger charge is -2.48. The number of fused-ring (bicyclic) bond motifs is 3. The van der Waals surface area contributed by atoms with Crippen molar-refractivity contribution in [3.8, 4) is 11.5 Å². The van der Waals surface area contributed by atoms with Crippen molar-refractivity contribution in [1.82, 2.24) is 0 Å². The number of phenols is 1. The van der Waals surface area contributed by atoms with Crippen molar-refractivity contribution in [3.63, 3.8) is 0 Å². The molecule has 138 valence electrons. The minimum Gasteiger partial charge on any atom is -0.508 e. The van der Waals surface area contributed by atoms with Gasteiger partial charge in [0.15, 0.2) is 0 Å². The Kier molecular flexibility index (Phi) is 4.99. The Morgan fingerprint density at radius 2 is 2.04 bits per heavy atom. The van der Waals surface area contributed by atoms with E-state index in [0.717, 1.165) is 36.1 Å². The van der Waals surface area contributed by atoms with Crippen LogP contribution in [0.5, 0.6) is 11.5 Å². The number of carboxylic acids is 1. The first-order chi connectivity index (χ1) is 11.8. The molecule has 0 saturated heterocycles. The molecule has 0 aromatic heterocycles. The van der Waals surface area contributed by atoms with Crippen molar-refractivity contribution in [3.05, 3.63) is 23.3 Å². The van der Waals surface area contributed by atoms with Crippen LogP contribution in [0.25, 0.3) is 0 Å². The summed E-state index contributed by atoms with van der Waals surface area (Å²) in [4.78, 5) is 11.5. The fourth-order valence-electron chi connectivity index (χ4n) is 4.75. The third-order valence-electron chi connectivity index (χ3n) is 6.09. The van der Waals surface area contributed by atoms with Crippen LogP contribution >= 0.6 is 0 Å². The SMILES string of the molecule is CCCCCc1cc(O)c2c(c1)OC(C)(C)[C@@H]1CC[C@@H](C(=O)O)C[C@@H]21. The van der Waals surface area contributed by atoms with E-state index in [4.69, 9.17) is 4.74 Å². The van der Waals surface area contributed by atoms with Gasteiger partial charge < -0.3 is 14.9 Å². The molecule has 0 bridgehead atoms. The lowest BCUT2D eigenvalue weighted by Crippen LogP contribution is -2.47. The van der Waals surface area contributed by atoms with Crippen LogP contribution in [0.4, 0.5) is 0 Å². The molecule has 0 unspecified atom stereocenters. The van der Waals surface area contributed by atoms with E-state index in [1.165, 1.54) is 12.8 Å². The highest BCUT2D eigenvalue weighted by molar-refractivity contribution is 5.70. The Hall–Kier alpha value is -1.71. The number of ether oxygens (including phenoxy) is 1. The van der Waals surface area contributed by atoms with Gasteiger partial charge in [-0.3, -0.25) is 4.79 Å². The Labute approximate surface area is 150 Å². The van der Waals surface area contributed by atoms with Crippen LogP contribution in [0.15, 0.2) is 12.1 Å². The molecule has 1 saturated carbocycles. The first-order valence-electron chi connectivity index (χ1n) is 9.61. The third kappa shape index (κ3) is 3.49. The van der Waals surface area contributed by atoms with Crippen molar-refractivity contribution in [2.24, 2.45) is 11.8 Å². The zero-order valence-corrected chi connectivity index (χ0v) is 15.5. The zero-order chi connectivity index (χ0) is 18.2. The number of hydrogen-bond donors (Lipinski definition) is 2. The number of phenolic OH excluding ortho intramolecular Hbond substituents is 1. The van der Waals surface area contributed by atoms with Crippen LogP contribution in [0.2, 0.25) is 0 Å². The summed E-state index contributed by atoms with van der Waals surface area (Å²) in [6.45, 7) is 6.36. The smallest absolute Gasteiger partial charge is 0.306 e. The molecule has 1 aromatic carbocycles. The summed E-state index contributed by atoms with van der Waals surface area (Å²) in [5.41, 5.74) is 1.59. The van der Waals surface area contributed by atoms with Gasteiger partial charge in [0.05, 0.1) is 5.92 Å². The van der Waals surface area contributed by atoms with E-state index < -0.39 is 5.97 Å². The van der Waals surface area contributed by atoms with Gasteiger partial charge in [-0.1, -0.05) is 19.8 Å². The molecule has 2 aliphatic rings. The summed E-state index contributed by atoms with van der Waals surface area (Å²) < 4.78 is 6.30. The first-order valence-corrected chi connectivity index (χ1v) is 9.61. The predicted molar refractivity (Wildman–Crippen MR) is 97.3 cm³/mol. The first kappa shape index (κ1) is 18.1. The minimum atomic E-state index is -0.722. The van der Waals surface area contributed by atoms with Gasteiger partial charge in [-0.15, -0.1) is 0 Å². The van der Waals surface area contributed by atoms with Crippen molar-refractivity contribution < 1.29 is 19.7 Å². The largest absolute Gasteiger partial charge is 0.508 e. The molecular formula is C21H30O4. The number of carboxylic acid groups (broad SMARTS) is 1. The second-order valence-electron chi connectivity index (χ2n) is 8.25. The zero-order valence-electron chi connectivity index (χ0n) is 15.5. The maximum atomic E-state index is 11.5. The summed E-state index contributed by atoms with van der Waals surface area (Å²) in [7, 11) is 0. The molecule has 4 nitrogen and oxygen atoms in total. The number of aliphatic carboxylic acids is 1. The maximum Gasteiger partial charge on any atom is 0.306 e. The van der Waals surface area contributed by atoms with Gasteiger partial charge in [-0.25, -0.2) is 0 Å². The number of unbranched alkanes of at least 4 members (excludes halogenated alkanes) is 2. The standard InChI is InChI=1S/C21H30O4/c1-4-5-6-7-13-10-17(22)19-15-12-14(20(23)24)8-9-16(15)21(2,3)25-18(19)11-13/h10-11,14-16,22H,4-9,12H2,1-3H3,(H,23,24)/t14-,15-,16-/m1/s1. The molecule has 25 heavy (non-hydrogen) atoms. The number of benzene rings is 1. The Bertz CT molecular complexity index is 650. The third-order valence-corrected chi connectivity index (χ3v) is 6.09. The van der Waals surface area contributed by atoms with Crippen LogP contribution in [-0.2, 0) is 11.2 Å². The molecule has 2 N–H and O–H groups in total. The van der Waals surface area contributed by atoms with E-state index in [9.17, 15) is 15.0 Å². The fraction of sp³-hybridized carbons (Fsp3) is 0.667. The number of carbonyl (C=O) groups is 1. The van der Waals surface area contributed by atoms with Gasteiger partial charge in [0.1, 0.15) is 17.1 Å². The summed E-state index contributed by atoms with van der Waals surface area (Å²) >= 11 is 0. The average Bonchev–Trinajstić information content (AvgIpc) is 2.53. The second kappa shape index (κ2) is 6.89.